The average molecular weight is 294 g/mol. The summed E-state index contributed by atoms with van der Waals surface area (Å²) in [5.74, 6) is 0.957. The van der Waals surface area contributed by atoms with Gasteiger partial charge in [-0.05, 0) is 44.9 Å². The van der Waals surface area contributed by atoms with Crippen molar-refractivity contribution in [3.63, 3.8) is 0 Å². The summed E-state index contributed by atoms with van der Waals surface area (Å²) in [7, 11) is 1.56. The van der Waals surface area contributed by atoms with Crippen molar-refractivity contribution in [2.75, 3.05) is 13.7 Å². The van der Waals surface area contributed by atoms with Crippen LogP contribution in [0.2, 0.25) is 0 Å². The minimum Gasteiger partial charge on any atom is -0.493 e. The van der Waals surface area contributed by atoms with E-state index in [-0.39, 0.29) is 24.1 Å². The SMILES string of the molecule is CCC(C)(C)NC(=O)COc1ccc([C@@H](C)N)cc1OC. The number of rotatable bonds is 7. The highest BCUT2D eigenvalue weighted by Crippen LogP contribution is 2.29. The third-order valence-electron chi connectivity index (χ3n) is 3.43. The van der Waals surface area contributed by atoms with Crippen LogP contribution in [0.1, 0.15) is 45.7 Å². The maximum Gasteiger partial charge on any atom is 0.258 e. The Hall–Kier alpha value is -1.75. The lowest BCUT2D eigenvalue weighted by Crippen LogP contribution is -2.44. The van der Waals surface area contributed by atoms with E-state index in [1.165, 1.54) is 0 Å². The summed E-state index contributed by atoms with van der Waals surface area (Å²) in [6.45, 7) is 7.83. The molecule has 0 radical (unpaired) electrons. The minimum absolute atomic E-state index is 0.0443. The molecule has 0 aliphatic carbocycles. The number of hydrogen-bond donors (Lipinski definition) is 2. The molecule has 1 atom stereocenters. The summed E-state index contributed by atoms with van der Waals surface area (Å²) in [5, 5.41) is 2.92. The van der Waals surface area contributed by atoms with Gasteiger partial charge in [0.25, 0.3) is 5.91 Å². The van der Waals surface area contributed by atoms with Crippen LogP contribution in [0, 0.1) is 0 Å². The molecule has 0 unspecified atom stereocenters. The van der Waals surface area contributed by atoms with Gasteiger partial charge in [0.05, 0.1) is 7.11 Å². The Morgan fingerprint density at radius 1 is 1.38 bits per heavy atom. The fourth-order valence-electron chi connectivity index (χ4n) is 1.73. The molecule has 1 aromatic carbocycles. The number of carbonyl (C=O) groups excluding carboxylic acids is 1. The summed E-state index contributed by atoms with van der Waals surface area (Å²) in [5.41, 5.74) is 6.56. The maximum atomic E-state index is 11.9. The van der Waals surface area contributed by atoms with Gasteiger partial charge in [0.1, 0.15) is 0 Å². The van der Waals surface area contributed by atoms with E-state index in [1.54, 1.807) is 13.2 Å². The molecule has 3 N–H and O–H groups in total. The molecule has 5 nitrogen and oxygen atoms in total. The monoisotopic (exact) mass is 294 g/mol. The molecule has 1 aromatic rings. The average Bonchev–Trinajstić information content (AvgIpc) is 2.44. The van der Waals surface area contributed by atoms with Crippen molar-refractivity contribution in [2.45, 2.75) is 45.7 Å². The van der Waals surface area contributed by atoms with Gasteiger partial charge in [-0.2, -0.15) is 0 Å². The van der Waals surface area contributed by atoms with Crippen molar-refractivity contribution in [2.24, 2.45) is 5.73 Å². The Kier molecular flexibility index (Phi) is 6.03. The largest absolute Gasteiger partial charge is 0.493 e. The first-order valence-corrected chi connectivity index (χ1v) is 7.16. The van der Waals surface area contributed by atoms with Crippen LogP contribution in [0.4, 0.5) is 0 Å². The van der Waals surface area contributed by atoms with E-state index in [0.29, 0.717) is 11.5 Å². The molecular weight excluding hydrogens is 268 g/mol. The van der Waals surface area contributed by atoms with E-state index in [1.807, 2.05) is 39.8 Å². The second-order valence-corrected chi connectivity index (χ2v) is 5.77. The number of amides is 1. The fraction of sp³-hybridized carbons (Fsp3) is 0.562. The van der Waals surface area contributed by atoms with Crippen LogP contribution in [0.5, 0.6) is 11.5 Å². The van der Waals surface area contributed by atoms with E-state index in [0.717, 1.165) is 12.0 Å². The molecule has 1 rings (SSSR count). The van der Waals surface area contributed by atoms with Crippen molar-refractivity contribution < 1.29 is 14.3 Å². The number of carbonyl (C=O) groups is 1. The predicted octanol–water partition coefficient (Wildman–Crippen LogP) is 2.40. The van der Waals surface area contributed by atoms with Crippen LogP contribution in [0.3, 0.4) is 0 Å². The molecule has 21 heavy (non-hydrogen) atoms. The highest BCUT2D eigenvalue weighted by Gasteiger charge is 2.18. The molecular formula is C16H26N2O3. The van der Waals surface area contributed by atoms with Gasteiger partial charge in [0.2, 0.25) is 0 Å². The molecule has 0 saturated heterocycles. The van der Waals surface area contributed by atoms with Crippen LogP contribution in [-0.2, 0) is 4.79 Å². The number of nitrogens with two attached hydrogens (primary N) is 1. The quantitative estimate of drug-likeness (QED) is 0.810. The number of ether oxygens (including phenoxy) is 2. The van der Waals surface area contributed by atoms with Gasteiger partial charge in [-0.25, -0.2) is 0 Å². The maximum absolute atomic E-state index is 11.9. The van der Waals surface area contributed by atoms with E-state index in [9.17, 15) is 4.79 Å². The molecule has 5 heteroatoms. The summed E-state index contributed by atoms with van der Waals surface area (Å²) in [6, 6.07) is 5.39. The lowest BCUT2D eigenvalue weighted by Gasteiger charge is -2.24. The van der Waals surface area contributed by atoms with Gasteiger partial charge in [0.15, 0.2) is 18.1 Å². The number of methoxy groups -OCH3 is 1. The zero-order valence-corrected chi connectivity index (χ0v) is 13.5. The Morgan fingerprint density at radius 2 is 2.05 bits per heavy atom. The topological polar surface area (TPSA) is 73.6 Å². The van der Waals surface area contributed by atoms with Crippen LogP contribution in [-0.4, -0.2) is 25.2 Å². The van der Waals surface area contributed by atoms with Crippen molar-refractivity contribution in [1.29, 1.82) is 0 Å². The van der Waals surface area contributed by atoms with Gasteiger partial charge in [-0.3, -0.25) is 4.79 Å². The van der Waals surface area contributed by atoms with Crippen molar-refractivity contribution in [1.82, 2.24) is 5.32 Å². The van der Waals surface area contributed by atoms with E-state index in [2.05, 4.69) is 5.32 Å². The first-order valence-electron chi connectivity index (χ1n) is 7.16. The fourth-order valence-corrected chi connectivity index (χ4v) is 1.73. The Bertz CT molecular complexity index is 484. The summed E-state index contributed by atoms with van der Waals surface area (Å²) < 4.78 is 10.8. The summed E-state index contributed by atoms with van der Waals surface area (Å²) in [6.07, 6.45) is 0.852. The van der Waals surface area contributed by atoms with Gasteiger partial charge >= 0.3 is 0 Å². The third-order valence-corrected chi connectivity index (χ3v) is 3.43. The number of nitrogens with one attached hydrogen (secondary N) is 1. The molecule has 0 fully saturated rings. The second kappa shape index (κ2) is 7.31. The molecule has 0 heterocycles. The van der Waals surface area contributed by atoms with Gasteiger partial charge in [0, 0.05) is 11.6 Å². The first kappa shape index (κ1) is 17.3. The molecule has 0 aromatic heterocycles. The van der Waals surface area contributed by atoms with Crippen molar-refractivity contribution >= 4 is 5.91 Å². The van der Waals surface area contributed by atoms with Gasteiger partial charge in [-0.15, -0.1) is 0 Å². The molecule has 0 aliphatic rings. The zero-order chi connectivity index (χ0) is 16.0. The van der Waals surface area contributed by atoms with Crippen LogP contribution in [0.15, 0.2) is 18.2 Å². The number of hydrogen-bond acceptors (Lipinski definition) is 4. The van der Waals surface area contributed by atoms with E-state index in [4.69, 9.17) is 15.2 Å². The van der Waals surface area contributed by atoms with E-state index < -0.39 is 0 Å². The van der Waals surface area contributed by atoms with Crippen molar-refractivity contribution in [3.8, 4) is 11.5 Å². The second-order valence-electron chi connectivity index (χ2n) is 5.77. The Labute approximate surface area is 126 Å². The normalized spacial score (nSPS) is 12.7. The van der Waals surface area contributed by atoms with Gasteiger partial charge in [-0.1, -0.05) is 13.0 Å². The highest BCUT2D eigenvalue weighted by atomic mass is 16.5. The molecule has 118 valence electrons. The number of benzene rings is 1. The van der Waals surface area contributed by atoms with Crippen LogP contribution in [0.25, 0.3) is 0 Å². The smallest absolute Gasteiger partial charge is 0.258 e. The molecule has 1 amide bonds. The molecule has 0 saturated carbocycles. The van der Waals surface area contributed by atoms with Gasteiger partial charge < -0.3 is 20.5 Å². The molecule has 0 bridgehead atoms. The lowest BCUT2D eigenvalue weighted by molar-refractivity contribution is -0.124. The van der Waals surface area contributed by atoms with Crippen LogP contribution < -0.4 is 20.5 Å². The highest BCUT2D eigenvalue weighted by molar-refractivity contribution is 5.78. The standard InChI is InChI=1S/C16H26N2O3/c1-6-16(3,4)18-15(19)10-21-13-8-7-12(11(2)17)9-14(13)20-5/h7-9,11H,6,10,17H2,1-5H3,(H,18,19)/t11-/m1/s1. The summed E-state index contributed by atoms with van der Waals surface area (Å²) >= 11 is 0. The Morgan fingerprint density at radius 3 is 2.57 bits per heavy atom. The molecule has 0 aliphatic heterocycles. The molecule has 0 spiro atoms. The predicted molar refractivity (Wildman–Crippen MR) is 83.6 cm³/mol. The Balaban J connectivity index is 2.69. The lowest BCUT2D eigenvalue weighted by atomic mass is 10.0. The summed E-state index contributed by atoms with van der Waals surface area (Å²) in [4.78, 5) is 11.9. The van der Waals surface area contributed by atoms with Crippen LogP contribution >= 0.6 is 0 Å². The third kappa shape index (κ3) is 5.27. The van der Waals surface area contributed by atoms with Crippen molar-refractivity contribution in [3.05, 3.63) is 23.8 Å². The first-order chi connectivity index (χ1) is 9.79. The van der Waals surface area contributed by atoms with E-state index >= 15 is 0 Å². The zero-order valence-electron chi connectivity index (χ0n) is 13.5. The minimum atomic E-state index is -0.233.